The highest BCUT2D eigenvalue weighted by molar-refractivity contribution is 7.88. The molecule has 158 valence electrons. The lowest BCUT2D eigenvalue weighted by Gasteiger charge is -2.37. The predicted molar refractivity (Wildman–Crippen MR) is 108 cm³/mol. The van der Waals surface area contributed by atoms with Crippen LogP contribution in [0.25, 0.3) is 0 Å². The molecule has 1 aromatic heterocycles. The Morgan fingerprint density at radius 2 is 1.93 bits per heavy atom. The zero-order chi connectivity index (χ0) is 20.5. The van der Waals surface area contributed by atoms with Gasteiger partial charge < -0.3 is 14.4 Å². The molecule has 0 saturated heterocycles. The lowest BCUT2D eigenvalue weighted by molar-refractivity contribution is -0.0198. The number of pyridine rings is 1. The summed E-state index contributed by atoms with van der Waals surface area (Å²) in [4.78, 5) is 12.8. The molecule has 0 bridgehead atoms. The van der Waals surface area contributed by atoms with E-state index in [4.69, 9.17) is 4.74 Å². The zero-order valence-corrected chi connectivity index (χ0v) is 17.7. The highest BCUT2D eigenvalue weighted by Gasteiger charge is 2.34. The quantitative estimate of drug-likeness (QED) is 0.738. The number of hydrogen-bond acceptors (Lipinski definition) is 5. The average molecular weight is 413 g/mol. The molecule has 3 atom stereocenters. The van der Waals surface area contributed by atoms with Crippen molar-refractivity contribution < 1.29 is 18.3 Å². The number of ether oxygens (including phenoxy) is 1. The minimum absolute atomic E-state index is 0.0797. The molecule has 1 aliphatic heterocycles. The second kappa shape index (κ2) is 8.65. The summed E-state index contributed by atoms with van der Waals surface area (Å²) in [6, 6.07) is 3.05. The Hall–Kier alpha value is -1.22. The van der Waals surface area contributed by atoms with Gasteiger partial charge in [-0.25, -0.2) is 13.1 Å². The fourth-order valence-corrected chi connectivity index (χ4v) is 5.34. The SMILES string of the molecule is Cc1ccc2n(c1=O)C(COC1CCC(C(C)O)CC1)C(NS(C)(=O)=O)CC2. The normalized spacial score (nSPS) is 29.3. The highest BCUT2D eigenvalue weighted by atomic mass is 32.2. The molecule has 3 rings (SSSR count). The maximum absolute atomic E-state index is 12.8. The molecule has 7 nitrogen and oxygen atoms in total. The monoisotopic (exact) mass is 412 g/mol. The van der Waals surface area contributed by atoms with Crippen molar-refractivity contribution in [2.75, 3.05) is 12.9 Å². The third-order valence-corrected chi connectivity index (χ3v) is 6.90. The van der Waals surface area contributed by atoms with E-state index in [-0.39, 0.29) is 29.9 Å². The van der Waals surface area contributed by atoms with E-state index in [9.17, 15) is 18.3 Å². The van der Waals surface area contributed by atoms with Crippen LogP contribution in [0.5, 0.6) is 0 Å². The van der Waals surface area contributed by atoms with Gasteiger partial charge >= 0.3 is 0 Å². The van der Waals surface area contributed by atoms with Gasteiger partial charge in [0.05, 0.1) is 31.1 Å². The van der Waals surface area contributed by atoms with Crippen molar-refractivity contribution in [2.45, 2.75) is 76.7 Å². The van der Waals surface area contributed by atoms with Crippen molar-refractivity contribution in [1.82, 2.24) is 9.29 Å². The van der Waals surface area contributed by atoms with Gasteiger partial charge in [0.25, 0.3) is 5.56 Å². The Morgan fingerprint density at radius 3 is 2.54 bits per heavy atom. The van der Waals surface area contributed by atoms with Crippen LogP contribution in [0.3, 0.4) is 0 Å². The van der Waals surface area contributed by atoms with Crippen LogP contribution < -0.4 is 10.3 Å². The molecule has 2 heterocycles. The van der Waals surface area contributed by atoms with Crippen LogP contribution in [0.4, 0.5) is 0 Å². The molecule has 2 N–H and O–H groups in total. The van der Waals surface area contributed by atoms with E-state index in [1.165, 1.54) is 0 Å². The maximum Gasteiger partial charge on any atom is 0.254 e. The number of aliphatic hydroxyl groups excluding tert-OH is 1. The molecule has 0 amide bonds. The third kappa shape index (κ3) is 5.03. The Kier molecular flexibility index (Phi) is 6.64. The van der Waals surface area contributed by atoms with E-state index >= 15 is 0 Å². The number of sulfonamides is 1. The van der Waals surface area contributed by atoms with E-state index in [2.05, 4.69) is 4.72 Å². The molecule has 8 heteroatoms. The molecule has 1 fully saturated rings. The summed E-state index contributed by atoms with van der Waals surface area (Å²) in [6.45, 7) is 3.91. The number of nitrogens with one attached hydrogen (secondary N) is 1. The molecule has 2 aliphatic rings. The van der Waals surface area contributed by atoms with Crippen molar-refractivity contribution in [2.24, 2.45) is 5.92 Å². The number of aromatic nitrogens is 1. The molecule has 0 radical (unpaired) electrons. The first-order chi connectivity index (χ1) is 13.2. The van der Waals surface area contributed by atoms with Gasteiger partial charge in [-0.15, -0.1) is 0 Å². The van der Waals surface area contributed by atoms with E-state index < -0.39 is 10.0 Å². The minimum Gasteiger partial charge on any atom is -0.393 e. The molecule has 0 spiro atoms. The van der Waals surface area contributed by atoms with Crippen LogP contribution >= 0.6 is 0 Å². The third-order valence-electron chi connectivity index (χ3n) is 6.17. The molecule has 1 aliphatic carbocycles. The van der Waals surface area contributed by atoms with Crippen LogP contribution in [-0.4, -0.2) is 49.2 Å². The Morgan fingerprint density at radius 1 is 1.25 bits per heavy atom. The average Bonchev–Trinajstić information content (AvgIpc) is 2.63. The number of hydrogen-bond donors (Lipinski definition) is 2. The van der Waals surface area contributed by atoms with Gasteiger partial charge in [0.15, 0.2) is 0 Å². The van der Waals surface area contributed by atoms with Crippen LogP contribution in [0.1, 0.15) is 56.3 Å². The first-order valence-corrected chi connectivity index (χ1v) is 12.0. The van der Waals surface area contributed by atoms with Crippen molar-refractivity contribution in [3.8, 4) is 0 Å². The molecule has 28 heavy (non-hydrogen) atoms. The lowest BCUT2D eigenvalue weighted by atomic mass is 9.84. The molecular weight excluding hydrogens is 380 g/mol. The summed E-state index contributed by atoms with van der Waals surface area (Å²) in [7, 11) is -3.39. The topological polar surface area (TPSA) is 97.6 Å². The van der Waals surface area contributed by atoms with Gasteiger partial charge in [0.1, 0.15) is 0 Å². The smallest absolute Gasteiger partial charge is 0.254 e. The van der Waals surface area contributed by atoms with E-state index in [0.717, 1.165) is 37.6 Å². The summed E-state index contributed by atoms with van der Waals surface area (Å²) in [5.74, 6) is 0.320. The van der Waals surface area contributed by atoms with Crippen LogP contribution in [0.15, 0.2) is 16.9 Å². The van der Waals surface area contributed by atoms with Crippen molar-refractivity contribution in [3.63, 3.8) is 0 Å². The fraction of sp³-hybridized carbons (Fsp3) is 0.750. The second-order valence-electron chi connectivity index (χ2n) is 8.40. The van der Waals surface area contributed by atoms with E-state index in [1.807, 2.05) is 19.1 Å². The summed E-state index contributed by atoms with van der Waals surface area (Å²) >= 11 is 0. The fourth-order valence-electron chi connectivity index (χ4n) is 4.51. The van der Waals surface area contributed by atoms with Crippen LogP contribution in [0, 0.1) is 12.8 Å². The Bertz CT molecular complexity index is 841. The number of rotatable bonds is 6. The molecule has 3 unspecified atom stereocenters. The number of nitrogens with zero attached hydrogens (tertiary/aromatic N) is 1. The number of aryl methyl sites for hydroxylation is 2. The van der Waals surface area contributed by atoms with Gasteiger partial charge in [-0.3, -0.25) is 4.79 Å². The van der Waals surface area contributed by atoms with Gasteiger partial charge in [-0.1, -0.05) is 6.07 Å². The lowest BCUT2D eigenvalue weighted by Crippen LogP contribution is -2.49. The predicted octanol–water partition coefficient (Wildman–Crippen LogP) is 1.52. The Labute approximate surface area is 167 Å². The Balaban J connectivity index is 1.77. The molecule has 0 aromatic carbocycles. The first-order valence-electron chi connectivity index (χ1n) is 10.1. The maximum atomic E-state index is 12.8. The summed E-state index contributed by atoms with van der Waals surface area (Å²) in [6.07, 6.45) is 5.83. The summed E-state index contributed by atoms with van der Waals surface area (Å²) in [5.41, 5.74) is 1.49. The summed E-state index contributed by atoms with van der Waals surface area (Å²) in [5, 5.41) is 9.76. The van der Waals surface area contributed by atoms with Gasteiger partial charge in [-0.05, 0) is 64.4 Å². The molecule has 1 aromatic rings. The van der Waals surface area contributed by atoms with Crippen LogP contribution in [-0.2, 0) is 21.2 Å². The van der Waals surface area contributed by atoms with Gasteiger partial charge in [0.2, 0.25) is 10.0 Å². The van der Waals surface area contributed by atoms with Crippen molar-refractivity contribution in [3.05, 3.63) is 33.7 Å². The minimum atomic E-state index is -3.39. The highest BCUT2D eigenvalue weighted by Crippen LogP contribution is 2.30. The largest absolute Gasteiger partial charge is 0.393 e. The summed E-state index contributed by atoms with van der Waals surface area (Å²) < 4.78 is 34.3. The van der Waals surface area contributed by atoms with E-state index in [1.54, 1.807) is 11.5 Å². The first kappa shape index (κ1) is 21.5. The zero-order valence-electron chi connectivity index (χ0n) is 16.9. The standard InChI is InChI=1S/C20H32N2O5S/c1-13-4-7-16-8-11-18(21-28(3,25)26)19(22(16)20(13)24)12-27-17-9-5-15(6-10-17)14(2)23/h4,7,14-15,17-19,21,23H,5-6,8-12H2,1-3H3. The number of aliphatic hydroxyl groups is 1. The van der Waals surface area contributed by atoms with E-state index in [0.29, 0.717) is 30.9 Å². The van der Waals surface area contributed by atoms with Crippen molar-refractivity contribution in [1.29, 1.82) is 0 Å². The second-order valence-corrected chi connectivity index (χ2v) is 10.2. The van der Waals surface area contributed by atoms with Gasteiger partial charge in [0, 0.05) is 17.3 Å². The van der Waals surface area contributed by atoms with Gasteiger partial charge in [-0.2, -0.15) is 0 Å². The molecule has 1 saturated carbocycles. The van der Waals surface area contributed by atoms with Crippen molar-refractivity contribution >= 4 is 10.0 Å². The number of fused-ring (bicyclic) bond motifs is 1. The molecular formula is C20H32N2O5S. The van der Waals surface area contributed by atoms with Crippen LogP contribution in [0.2, 0.25) is 0 Å².